The summed E-state index contributed by atoms with van der Waals surface area (Å²) in [6, 6.07) is 0.366. The van der Waals surface area contributed by atoms with Gasteiger partial charge in [-0.25, -0.2) is 0 Å². The van der Waals surface area contributed by atoms with E-state index in [-0.39, 0.29) is 34.7 Å². The molecule has 0 aromatic carbocycles. The maximum absolute atomic E-state index is 12.9. The molecule has 4 nitrogen and oxygen atoms in total. The van der Waals surface area contributed by atoms with Gasteiger partial charge in [0.2, 0.25) is 0 Å². The molecule has 4 aliphatic rings. The maximum Gasteiger partial charge on any atom is 0.312 e. The number of hydrogen-bond donors (Lipinski definition) is 1. The SMILES string of the molecule is CC(NC(=O)C(=O)N1CC2(C)CC1CC(C)(C)C2)C1CC2CCC1C2. The minimum atomic E-state index is -0.371. The number of hydrogen-bond acceptors (Lipinski definition) is 2. The molecular formula is C21H34N2O2. The predicted octanol–water partition coefficient (Wildman–Crippen LogP) is 3.35. The van der Waals surface area contributed by atoms with Gasteiger partial charge in [0.25, 0.3) is 0 Å². The number of likely N-dealkylation sites (tertiary alicyclic amines) is 1. The minimum absolute atomic E-state index is 0.126. The number of carbonyl (C=O) groups excluding carboxylic acids is 2. The molecule has 6 unspecified atom stereocenters. The number of nitrogens with zero attached hydrogens (tertiary/aromatic N) is 1. The summed E-state index contributed by atoms with van der Waals surface area (Å²) in [4.78, 5) is 27.4. The third-order valence-corrected chi connectivity index (χ3v) is 7.66. The Kier molecular flexibility index (Phi) is 3.97. The van der Waals surface area contributed by atoms with Crippen molar-refractivity contribution >= 4 is 11.8 Å². The van der Waals surface area contributed by atoms with E-state index in [1.54, 1.807) is 0 Å². The number of amides is 2. The first-order valence-electron chi connectivity index (χ1n) is 10.3. The third-order valence-electron chi connectivity index (χ3n) is 7.66. The summed E-state index contributed by atoms with van der Waals surface area (Å²) in [5, 5.41) is 3.07. The summed E-state index contributed by atoms with van der Waals surface area (Å²) in [5.74, 6) is 1.54. The third kappa shape index (κ3) is 3.10. The molecule has 1 heterocycles. The van der Waals surface area contributed by atoms with Gasteiger partial charge in [-0.15, -0.1) is 0 Å². The van der Waals surface area contributed by atoms with E-state index in [1.807, 2.05) is 4.90 Å². The average molecular weight is 347 g/mol. The molecule has 1 N–H and O–H groups in total. The Balaban J connectivity index is 1.39. The number of fused-ring (bicyclic) bond motifs is 4. The number of rotatable bonds is 2. The van der Waals surface area contributed by atoms with Crippen LogP contribution in [0.4, 0.5) is 0 Å². The Morgan fingerprint density at radius 1 is 1.12 bits per heavy atom. The van der Waals surface area contributed by atoms with Gasteiger partial charge in [0.1, 0.15) is 0 Å². The zero-order chi connectivity index (χ0) is 18.0. The normalized spacial score (nSPS) is 42.5. The van der Waals surface area contributed by atoms with Crippen molar-refractivity contribution in [1.29, 1.82) is 0 Å². The first-order chi connectivity index (χ1) is 11.7. The Labute approximate surface area is 152 Å². The van der Waals surface area contributed by atoms with Crippen LogP contribution in [0.15, 0.2) is 0 Å². The average Bonchev–Trinajstić information content (AvgIpc) is 3.18. The molecule has 0 radical (unpaired) electrons. The lowest BCUT2D eigenvalue weighted by molar-refractivity contribution is -0.147. The second-order valence-electron chi connectivity index (χ2n) is 10.7. The van der Waals surface area contributed by atoms with Crippen LogP contribution in [0.1, 0.15) is 72.6 Å². The molecule has 4 rings (SSSR count). The smallest absolute Gasteiger partial charge is 0.312 e. The first kappa shape index (κ1) is 17.4. The van der Waals surface area contributed by atoms with Gasteiger partial charge in [-0.2, -0.15) is 0 Å². The van der Waals surface area contributed by atoms with Crippen LogP contribution in [0.3, 0.4) is 0 Å². The van der Waals surface area contributed by atoms with E-state index >= 15 is 0 Å². The highest BCUT2D eigenvalue weighted by molar-refractivity contribution is 6.35. The van der Waals surface area contributed by atoms with E-state index in [2.05, 4.69) is 33.0 Å². The Hall–Kier alpha value is -1.06. The van der Waals surface area contributed by atoms with Gasteiger partial charge in [-0.05, 0) is 74.0 Å². The van der Waals surface area contributed by atoms with Crippen LogP contribution >= 0.6 is 0 Å². The molecule has 4 heteroatoms. The molecule has 25 heavy (non-hydrogen) atoms. The van der Waals surface area contributed by atoms with Crippen molar-refractivity contribution in [2.45, 2.75) is 84.7 Å². The van der Waals surface area contributed by atoms with E-state index in [0.717, 1.165) is 37.6 Å². The first-order valence-corrected chi connectivity index (χ1v) is 10.3. The predicted molar refractivity (Wildman–Crippen MR) is 97.8 cm³/mol. The van der Waals surface area contributed by atoms with E-state index < -0.39 is 0 Å². The summed E-state index contributed by atoms with van der Waals surface area (Å²) in [5.41, 5.74) is 0.443. The van der Waals surface area contributed by atoms with Crippen molar-refractivity contribution in [3.63, 3.8) is 0 Å². The Morgan fingerprint density at radius 2 is 1.88 bits per heavy atom. The van der Waals surface area contributed by atoms with Gasteiger partial charge < -0.3 is 10.2 Å². The fourth-order valence-electron chi connectivity index (χ4n) is 7.11. The van der Waals surface area contributed by atoms with Gasteiger partial charge in [0.05, 0.1) is 0 Å². The summed E-state index contributed by atoms with van der Waals surface area (Å²) in [7, 11) is 0. The van der Waals surface area contributed by atoms with Gasteiger partial charge in [-0.1, -0.05) is 27.2 Å². The van der Waals surface area contributed by atoms with Gasteiger partial charge in [0, 0.05) is 18.6 Å². The molecule has 4 bridgehead atoms. The van der Waals surface area contributed by atoms with Crippen LogP contribution in [-0.2, 0) is 9.59 Å². The molecule has 0 aromatic rings. The number of carbonyl (C=O) groups is 2. The zero-order valence-corrected chi connectivity index (χ0v) is 16.3. The zero-order valence-electron chi connectivity index (χ0n) is 16.3. The van der Waals surface area contributed by atoms with E-state index in [1.165, 1.54) is 25.7 Å². The Morgan fingerprint density at radius 3 is 2.52 bits per heavy atom. The molecule has 0 spiro atoms. The van der Waals surface area contributed by atoms with Crippen LogP contribution in [0.5, 0.6) is 0 Å². The standard InChI is InChI=1S/C21H34N2O2/c1-13(17-8-14-5-6-15(17)7-14)22-18(24)19(25)23-12-21(4)10-16(23)9-20(2,3)11-21/h13-17H,5-12H2,1-4H3,(H,22,24). The lowest BCUT2D eigenvalue weighted by Crippen LogP contribution is -2.50. The van der Waals surface area contributed by atoms with Crippen molar-refractivity contribution in [2.24, 2.45) is 28.6 Å². The quantitative estimate of drug-likeness (QED) is 0.780. The van der Waals surface area contributed by atoms with E-state index in [4.69, 9.17) is 0 Å². The molecule has 3 aliphatic carbocycles. The largest absolute Gasteiger partial charge is 0.345 e. The highest BCUT2D eigenvalue weighted by Crippen LogP contribution is 2.52. The lowest BCUT2D eigenvalue weighted by Gasteiger charge is -2.39. The molecule has 1 saturated heterocycles. The van der Waals surface area contributed by atoms with Crippen molar-refractivity contribution in [2.75, 3.05) is 6.54 Å². The van der Waals surface area contributed by atoms with E-state index in [0.29, 0.717) is 5.92 Å². The fraction of sp³-hybridized carbons (Fsp3) is 0.905. The molecule has 0 aromatic heterocycles. The van der Waals surface area contributed by atoms with Crippen molar-refractivity contribution in [3.05, 3.63) is 0 Å². The molecule has 140 valence electrons. The maximum atomic E-state index is 12.9. The molecule has 6 atom stereocenters. The minimum Gasteiger partial charge on any atom is -0.345 e. The van der Waals surface area contributed by atoms with Crippen LogP contribution in [0.2, 0.25) is 0 Å². The van der Waals surface area contributed by atoms with Crippen LogP contribution in [0.25, 0.3) is 0 Å². The molecule has 3 saturated carbocycles. The monoisotopic (exact) mass is 346 g/mol. The fourth-order valence-corrected chi connectivity index (χ4v) is 7.11. The highest BCUT2D eigenvalue weighted by atomic mass is 16.2. The second-order valence-corrected chi connectivity index (χ2v) is 10.7. The molecule has 2 amide bonds. The van der Waals surface area contributed by atoms with Crippen molar-refractivity contribution in [1.82, 2.24) is 10.2 Å². The second kappa shape index (κ2) is 5.72. The van der Waals surface area contributed by atoms with Crippen LogP contribution in [0, 0.1) is 28.6 Å². The number of nitrogens with one attached hydrogen (secondary N) is 1. The molecule has 4 fully saturated rings. The topological polar surface area (TPSA) is 49.4 Å². The Bertz CT molecular complexity index is 586. The van der Waals surface area contributed by atoms with Crippen LogP contribution < -0.4 is 5.32 Å². The van der Waals surface area contributed by atoms with Gasteiger partial charge in [-0.3, -0.25) is 9.59 Å². The van der Waals surface area contributed by atoms with Crippen molar-refractivity contribution < 1.29 is 9.59 Å². The summed E-state index contributed by atoms with van der Waals surface area (Å²) in [6.07, 6.45) is 8.46. The lowest BCUT2D eigenvalue weighted by atomic mass is 9.65. The summed E-state index contributed by atoms with van der Waals surface area (Å²) in [6.45, 7) is 9.72. The molecule has 1 aliphatic heterocycles. The molecular weight excluding hydrogens is 312 g/mol. The van der Waals surface area contributed by atoms with Gasteiger partial charge >= 0.3 is 11.8 Å². The van der Waals surface area contributed by atoms with Crippen LogP contribution in [-0.4, -0.2) is 35.3 Å². The highest BCUT2D eigenvalue weighted by Gasteiger charge is 2.52. The van der Waals surface area contributed by atoms with E-state index in [9.17, 15) is 9.59 Å². The van der Waals surface area contributed by atoms with Gasteiger partial charge in [0.15, 0.2) is 0 Å². The van der Waals surface area contributed by atoms with Crippen molar-refractivity contribution in [3.8, 4) is 0 Å². The summed E-state index contributed by atoms with van der Waals surface area (Å²) < 4.78 is 0. The summed E-state index contributed by atoms with van der Waals surface area (Å²) >= 11 is 0.